The summed E-state index contributed by atoms with van der Waals surface area (Å²) in [5, 5.41) is 0.587. The number of unbranched alkanes of at least 4 members (excludes halogenated alkanes) is 2. The summed E-state index contributed by atoms with van der Waals surface area (Å²) < 4.78 is 39.1. The van der Waals surface area contributed by atoms with E-state index in [1.807, 2.05) is 13.8 Å². The van der Waals surface area contributed by atoms with Crippen molar-refractivity contribution in [1.82, 2.24) is 0 Å². The molecule has 5 nitrogen and oxygen atoms in total. The first-order valence-corrected chi connectivity index (χ1v) is 10.2. The summed E-state index contributed by atoms with van der Waals surface area (Å²) in [6.07, 6.45) is 7.63. The van der Waals surface area contributed by atoms with Crippen LogP contribution < -0.4 is 8.92 Å². The largest absolute Gasteiger partial charge is 0.493 e. The Morgan fingerprint density at radius 3 is 2.67 bits per heavy atom. The minimum Gasteiger partial charge on any atom is -0.493 e. The Hall–Kier alpha value is -1.23. The van der Waals surface area contributed by atoms with E-state index < -0.39 is 10.4 Å². The zero-order valence-corrected chi connectivity index (χ0v) is 16.4. The Labute approximate surface area is 153 Å². The van der Waals surface area contributed by atoms with E-state index in [1.54, 1.807) is 18.2 Å². The first kappa shape index (κ1) is 20.8. The van der Waals surface area contributed by atoms with Crippen molar-refractivity contribution in [3.8, 4) is 23.8 Å². The molecule has 0 bridgehead atoms. The lowest BCUT2D eigenvalue weighted by molar-refractivity contribution is 0.241. The van der Waals surface area contributed by atoms with Gasteiger partial charge in [0, 0.05) is 23.4 Å². The van der Waals surface area contributed by atoms with Crippen LogP contribution in [0.25, 0.3) is 0 Å². The molecule has 0 saturated carbocycles. The number of ether oxygens (including phenoxy) is 1. The molecule has 0 aliphatic carbocycles. The van der Waals surface area contributed by atoms with E-state index in [0.29, 0.717) is 24.1 Å². The maximum atomic E-state index is 11.8. The van der Waals surface area contributed by atoms with Gasteiger partial charge in [0.1, 0.15) is 11.5 Å². The fraction of sp³-hybridized carbons (Fsp3) is 0.529. The fourth-order valence-corrected chi connectivity index (χ4v) is 2.99. The van der Waals surface area contributed by atoms with Crippen LogP contribution in [0.3, 0.4) is 0 Å². The minimum atomic E-state index is -4.09. The van der Waals surface area contributed by atoms with Crippen LogP contribution in [0, 0.1) is 18.3 Å². The number of terminal acetylenes is 1. The van der Waals surface area contributed by atoms with Crippen molar-refractivity contribution in [3.05, 3.63) is 23.8 Å². The van der Waals surface area contributed by atoms with Gasteiger partial charge in [0.2, 0.25) is 0 Å². The van der Waals surface area contributed by atoms with Crippen LogP contribution in [0.1, 0.15) is 38.7 Å². The number of hydrogen-bond acceptors (Lipinski definition) is 5. The SMILES string of the molecule is C#CCCCCOc1cc(OS(=O)(=O)OCC(C)C)ccc1CBr. The zero-order valence-electron chi connectivity index (χ0n) is 14.0. The van der Waals surface area contributed by atoms with Gasteiger partial charge in [-0.05, 0) is 24.8 Å². The molecule has 0 N–H and O–H groups in total. The summed E-state index contributed by atoms with van der Waals surface area (Å²) in [4.78, 5) is 0. The van der Waals surface area contributed by atoms with Gasteiger partial charge < -0.3 is 8.92 Å². The molecule has 7 heteroatoms. The molecule has 134 valence electrons. The molecule has 0 saturated heterocycles. The predicted molar refractivity (Wildman–Crippen MR) is 97.6 cm³/mol. The van der Waals surface area contributed by atoms with Gasteiger partial charge in [-0.15, -0.1) is 12.3 Å². The van der Waals surface area contributed by atoms with Gasteiger partial charge in [-0.2, -0.15) is 8.42 Å². The Balaban J connectivity index is 2.72. The molecule has 0 spiro atoms. The van der Waals surface area contributed by atoms with E-state index in [-0.39, 0.29) is 18.3 Å². The van der Waals surface area contributed by atoms with E-state index in [0.717, 1.165) is 18.4 Å². The van der Waals surface area contributed by atoms with Crippen LogP contribution in [0.4, 0.5) is 0 Å². The summed E-state index contributed by atoms with van der Waals surface area (Å²) in [6.45, 7) is 4.28. The van der Waals surface area contributed by atoms with Crippen LogP contribution in [-0.2, 0) is 19.9 Å². The fourth-order valence-electron chi connectivity index (χ4n) is 1.70. The van der Waals surface area contributed by atoms with E-state index in [9.17, 15) is 8.42 Å². The molecule has 1 aromatic rings. The normalized spacial score (nSPS) is 11.3. The summed E-state index contributed by atoms with van der Waals surface area (Å²) in [6, 6.07) is 4.87. The Bertz CT molecular complexity index is 649. The van der Waals surface area contributed by atoms with Crippen molar-refractivity contribution in [2.75, 3.05) is 13.2 Å². The average Bonchev–Trinajstić information content (AvgIpc) is 2.53. The lowest BCUT2D eigenvalue weighted by atomic mass is 10.2. The maximum absolute atomic E-state index is 11.8. The molecule has 0 atom stereocenters. The third kappa shape index (κ3) is 8.04. The van der Waals surface area contributed by atoms with Gasteiger partial charge in [-0.3, -0.25) is 0 Å². The molecule has 0 amide bonds. The Morgan fingerprint density at radius 1 is 1.29 bits per heavy atom. The number of halogens is 1. The lowest BCUT2D eigenvalue weighted by Gasteiger charge is -2.13. The summed E-state index contributed by atoms with van der Waals surface area (Å²) in [5.74, 6) is 3.39. The highest BCUT2D eigenvalue weighted by Gasteiger charge is 2.16. The predicted octanol–water partition coefficient (Wildman–Crippen LogP) is 4.06. The van der Waals surface area contributed by atoms with Gasteiger partial charge in [-0.1, -0.05) is 35.8 Å². The van der Waals surface area contributed by atoms with Crippen molar-refractivity contribution in [2.45, 2.75) is 38.4 Å². The van der Waals surface area contributed by atoms with Gasteiger partial charge in [0.15, 0.2) is 0 Å². The Morgan fingerprint density at radius 2 is 2.04 bits per heavy atom. The number of alkyl halides is 1. The van der Waals surface area contributed by atoms with Crippen molar-refractivity contribution >= 4 is 26.3 Å². The molecule has 0 aliphatic heterocycles. The molecule has 1 aromatic carbocycles. The summed E-state index contributed by atoms with van der Waals surface area (Å²) in [5.41, 5.74) is 0.903. The smallest absolute Gasteiger partial charge is 0.449 e. The third-order valence-electron chi connectivity index (χ3n) is 2.90. The molecule has 0 heterocycles. The molecular formula is C17H23BrO5S. The highest BCUT2D eigenvalue weighted by Crippen LogP contribution is 2.28. The summed E-state index contributed by atoms with van der Waals surface area (Å²) in [7, 11) is -4.09. The molecular weight excluding hydrogens is 396 g/mol. The van der Waals surface area contributed by atoms with E-state index in [4.69, 9.17) is 19.5 Å². The van der Waals surface area contributed by atoms with Crippen molar-refractivity contribution in [1.29, 1.82) is 0 Å². The Kier molecular flexibility index (Phi) is 9.19. The van der Waals surface area contributed by atoms with Crippen LogP contribution in [0.5, 0.6) is 11.5 Å². The summed E-state index contributed by atoms with van der Waals surface area (Å²) >= 11 is 3.38. The van der Waals surface area contributed by atoms with E-state index in [1.165, 1.54) is 0 Å². The zero-order chi connectivity index (χ0) is 18.0. The molecule has 0 aromatic heterocycles. The van der Waals surface area contributed by atoms with Crippen LogP contribution in [0.15, 0.2) is 18.2 Å². The standard InChI is InChI=1S/C17H23BrO5S/c1-4-5-6-7-10-21-17-11-16(9-8-15(17)12-18)23-24(19,20)22-13-14(2)3/h1,8-9,11,14H,5-7,10,12-13H2,2-3H3. The monoisotopic (exact) mass is 418 g/mol. The molecule has 24 heavy (non-hydrogen) atoms. The van der Waals surface area contributed by atoms with Gasteiger partial charge in [0.05, 0.1) is 13.2 Å². The van der Waals surface area contributed by atoms with Crippen LogP contribution in [-0.4, -0.2) is 21.6 Å². The molecule has 0 fully saturated rings. The van der Waals surface area contributed by atoms with E-state index in [2.05, 4.69) is 21.9 Å². The number of benzene rings is 1. The number of rotatable bonds is 11. The van der Waals surface area contributed by atoms with Crippen LogP contribution >= 0.6 is 15.9 Å². The lowest BCUT2D eigenvalue weighted by Crippen LogP contribution is -2.16. The van der Waals surface area contributed by atoms with Crippen molar-refractivity contribution in [2.24, 2.45) is 5.92 Å². The quantitative estimate of drug-likeness (QED) is 0.308. The second kappa shape index (κ2) is 10.6. The maximum Gasteiger partial charge on any atom is 0.449 e. The van der Waals surface area contributed by atoms with Crippen molar-refractivity contribution < 1.29 is 21.5 Å². The van der Waals surface area contributed by atoms with Gasteiger partial charge in [-0.25, -0.2) is 4.18 Å². The average molecular weight is 419 g/mol. The number of hydrogen-bond donors (Lipinski definition) is 0. The molecule has 0 unspecified atom stereocenters. The second-order valence-corrected chi connectivity index (χ2v) is 7.36. The second-order valence-electron chi connectivity index (χ2n) is 5.58. The molecule has 0 radical (unpaired) electrons. The first-order chi connectivity index (χ1) is 11.4. The van der Waals surface area contributed by atoms with Crippen molar-refractivity contribution in [3.63, 3.8) is 0 Å². The van der Waals surface area contributed by atoms with Crippen LogP contribution in [0.2, 0.25) is 0 Å². The van der Waals surface area contributed by atoms with Gasteiger partial charge >= 0.3 is 10.4 Å². The highest BCUT2D eigenvalue weighted by atomic mass is 79.9. The van der Waals surface area contributed by atoms with Gasteiger partial charge in [0.25, 0.3) is 0 Å². The molecule has 1 rings (SSSR count). The third-order valence-corrected chi connectivity index (χ3v) is 4.33. The minimum absolute atomic E-state index is 0.0698. The first-order valence-electron chi connectivity index (χ1n) is 7.72. The topological polar surface area (TPSA) is 61.8 Å². The highest BCUT2D eigenvalue weighted by molar-refractivity contribution is 9.08. The van der Waals surface area contributed by atoms with E-state index >= 15 is 0 Å². The molecule has 0 aliphatic rings.